The predicted molar refractivity (Wildman–Crippen MR) is 42.1 cm³/mol. The maximum atomic E-state index is 8.33. The molecule has 0 spiro atoms. The van der Waals surface area contributed by atoms with Gasteiger partial charge in [0.05, 0.1) is 0 Å². The van der Waals surface area contributed by atoms with Gasteiger partial charge in [0, 0.05) is 0 Å². The Bertz CT molecular complexity index is 221. The zero-order valence-electron chi connectivity index (χ0n) is 11.4. The molecule has 20 heteroatoms. The van der Waals surface area contributed by atoms with Crippen LogP contribution in [0.1, 0.15) is 0 Å². The number of carbonyl (C=O) groups is 5. The molecule has 0 saturated heterocycles. The van der Waals surface area contributed by atoms with Crippen molar-refractivity contribution >= 4 is 76.9 Å². The van der Waals surface area contributed by atoms with Crippen LogP contribution < -0.4 is 51.1 Å². The molecule has 0 rings (SSSR count). The first-order valence-electron chi connectivity index (χ1n) is 3.06. The van der Waals surface area contributed by atoms with Gasteiger partial charge in [-0.1, -0.05) is 0 Å². The van der Waals surface area contributed by atoms with Gasteiger partial charge in [-0.25, -0.2) is 0 Å². The van der Waals surface area contributed by atoms with E-state index in [-0.39, 0.29) is 86.3 Å². The standard InChI is InChI=1S/5CH2O3.2Cr.2Mg.H2O/c5*2-1(3)4;;;;;/h5*(H2,2,3,4);;;;;1H2/q;;;;;2*+3;2*+2;/p-10. The number of hydrogen-bond donors (Lipinski definition) is 0. The van der Waals surface area contributed by atoms with E-state index in [0.717, 1.165) is 0 Å². The van der Waals surface area contributed by atoms with Crippen LogP contribution >= 0.6 is 0 Å². The van der Waals surface area contributed by atoms with E-state index < -0.39 is 30.8 Å². The topological polar surface area (TPSA) is 347 Å². The molecular formula is C5H2Cr2Mg2O16. The smallest absolute Gasteiger partial charge is 0.652 e. The average Bonchev–Trinajstić information content (AvgIpc) is 1.94. The molecule has 0 saturated carbocycles. The summed E-state index contributed by atoms with van der Waals surface area (Å²) in [5.74, 6) is 0. The molecule has 0 aliphatic rings. The minimum absolute atomic E-state index is 0. The van der Waals surface area contributed by atoms with Gasteiger partial charge in [-0.3, -0.25) is 0 Å². The van der Waals surface area contributed by atoms with Crippen molar-refractivity contribution in [1.82, 2.24) is 0 Å². The second-order valence-corrected chi connectivity index (χ2v) is 1.25. The molecular weight excluding hydrogens is 469 g/mol. The SMILES string of the molecule is O.O=C([O-])[O-].O=C([O-])[O-].O=C([O-])[O-].O=C([O-])[O-].O=C([O-])[O-].[Cr+3].[Cr+3].[Mg+2].[Mg+2]. The molecule has 0 aliphatic heterocycles. The first-order chi connectivity index (χ1) is 8.66. The van der Waals surface area contributed by atoms with Gasteiger partial charge in [0.25, 0.3) is 0 Å². The van der Waals surface area contributed by atoms with Crippen molar-refractivity contribution in [2.24, 2.45) is 0 Å². The Morgan fingerprint density at radius 3 is 0.360 bits per heavy atom. The summed E-state index contributed by atoms with van der Waals surface area (Å²) in [7, 11) is 0. The van der Waals surface area contributed by atoms with E-state index in [4.69, 9.17) is 75.0 Å². The molecule has 0 fully saturated rings. The van der Waals surface area contributed by atoms with E-state index >= 15 is 0 Å². The van der Waals surface area contributed by atoms with E-state index in [1.54, 1.807) is 0 Å². The molecule has 0 aromatic carbocycles. The van der Waals surface area contributed by atoms with Crippen LogP contribution in [0.5, 0.6) is 0 Å². The van der Waals surface area contributed by atoms with Crippen LogP contribution in [0.4, 0.5) is 24.0 Å². The van der Waals surface area contributed by atoms with Gasteiger partial charge in [-0.15, -0.1) is 0 Å². The minimum Gasteiger partial charge on any atom is -0.652 e. The number of carbonyl (C=O) groups excluding carboxylic acids is 5. The zero-order valence-corrected chi connectivity index (χ0v) is 16.7. The molecule has 0 amide bonds. The van der Waals surface area contributed by atoms with Gasteiger partial charge >= 0.3 is 80.8 Å². The summed E-state index contributed by atoms with van der Waals surface area (Å²) in [5, 5.41) is 83.3. The molecule has 0 aliphatic carbocycles. The average molecular weight is 471 g/mol. The van der Waals surface area contributed by atoms with Gasteiger partial charge < -0.3 is 80.5 Å². The monoisotopic (exact) mass is 470 g/mol. The van der Waals surface area contributed by atoms with Crippen LogP contribution in [0, 0.1) is 0 Å². The fraction of sp³-hybridized carbons (Fsp3) is 0. The summed E-state index contributed by atoms with van der Waals surface area (Å²) < 4.78 is 0. The first kappa shape index (κ1) is 64.9. The van der Waals surface area contributed by atoms with Crippen LogP contribution in [0.2, 0.25) is 0 Å². The van der Waals surface area contributed by atoms with Crippen LogP contribution in [0.3, 0.4) is 0 Å². The Kier molecular flexibility index (Phi) is 147. The molecule has 0 aromatic heterocycles. The molecule has 2 N–H and O–H groups in total. The maximum Gasteiger partial charge on any atom is 3.00 e. The van der Waals surface area contributed by atoms with E-state index in [9.17, 15) is 0 Å². The predicted octanol–water partition coefficient (Wildman–Crippen LogP) is -13.8. The molecule has 2 radical (unpaired) electrons. The second-order valence-electron chi connectivity index (χ2n) is 1.25. The van der Waals surface area contributed by atoms with Gasteiger partial charge in [0.2, 0.25) is 0 Å². The van der Waals surface area contributed by atoms with Crippen LogP contribution in [-0.4, -0.2) is 82.4 Å². The third kappa shape index (κ3) is 8390. The molecule has 0 atom stereocenters. The summed E-state index contributed by atoms with van der Waals surface area (Å²) >= 11 is 0. The molecule has 0 aromatic rings. The van der Waals surface area contributed by atoms with Crippen LogP contribution in [-0.2, 0) is 34.7 Å². The second kappa shape index (κ2) is 56.8. The van der Waals surface area contributed by atoms with Gasteiger partial charge in [-0.05, 0) is 30.8 Å². The molecule has 0 unspecified atom stereocenters. The molecule has 134 valence electrons. The summed E-state index contributed by atoms with van der Waals surface area (Å²) in [6, 6.07) is 0. The Hall–Kier alpha value is -1.09. The fourth-order valence-electron chi connectivity index (χ4n) is 0. The van der Waals surface area contributed by atoms with Crippen molar-refractivity contribution in [3.8, 4) is 0 Å². The van der Waals surface area contributed by atoms with E-state index in [0.29, 0.717) is 0 Å². The number of hydrogen-bond acceptors (Lipinski definition) is 15. The quantitative estimate of drug-likeness (QED) is 0.296. The largest absolute Gasteiger partial charge is 3.00 e. The molecule has 0 heterocycles. The molecule has 16 nitrogen and oxygen atoms in total. The van der Waals surface area contributed by atoms with Crippen LogP contribution in [0.15, 0.2) is 0 Å². The Morgan fingerprint density at radius 1 is 0.360 bits per heavy atom. The fourth-order valence-corrected chi connectivity index (χ4v) is 0. The molecule has 25 heavy (non-hydrogen) atoms. The number of rotatable bonds is 0. The zero-order chi connectivity index (χ0) is 17.9. The summed E-state index contributed by atoms with van der Waals surface area (Å²) in [4.78, 5) is 41.7. The van der Waals surface area contributed by atoms with E-state index in [1.807, 2.05) is 0 Å². The van der Waals surface area contributed by atoms with Crippen LogP contribution in [0.25, 0.3) is 0 Å². The van der Waals surface area contributed by atoms with Gasteiger partial charge in [0.15, 0.2) is 0 Å². The molecule has 0 bridgehead atoms. The summed E-state index contributed by atoms with van der Waals surface area (Å²) in [5.41, 5.74) is 0. The summed E-state index contributed by atoms with van der Waals surface area (Å²) in [6.45, 7) is 0. The van der Waals surface area contributed by atoms with E-state index in [2.05, 4.69) is 0 Å². The maximum absolute atomic E-state index is 8.33. The van der Waals surface area contributed by atoms with E-state index in [1.165, 1.54) is 0 Å². The van der Waals surface area contributed by atoms with Gasteiger partial charge in [-0.2, -0.15) is 0 Å². The third-order valence-electron chi connectivity index (χ3n) is 0. The van der Waals surface area contributed by atoms with Crippen molar-refractivity contribution in [3.63, 3.8) is 0 Å². The van der Waals surface area contributed by atoms with Crippen molar-refractivity contribution in [1.29, 1.82) is 0 Å². The minimum atomic E-state index is -2.33. The number of carboxylic acid groups (broad SMARTS) is 10. The summed E-state index contributed by atoms with van der Waals surface area (Å²) in [6.07, 6.45) is -11.7. The first-order valence-corrected chi connectivity index (χ1v) is 3.06. The van der Waals surface area contributed by atoms with Crippen molar-refractivity contribution in [2.75, 3.05) is 0 Å². The van der Waals surface area contributed by atoms with Crippen molar-refractivity contribution in [3.05, 3.63) is 0 Å². The van der Waals surface area contributed by atoms with Crippen molar-refractivity contribution in [2.45, 2.75) is 0 Å². The third-order valence-corrected chi connectivity index (χ3v) is 0. The normalized spacial score (nSPS) is 4.80. The Balaban J connectivity index is -0.0000000134. The van der Waals surface area contributed by atoms with Crippen molar-refractivity contribution < 1.29 is 115 Å². The van der Waals surface area contributed by atoms with Gasteiger partial charge in [0.1, 0.15) is 0 Å². The Labute approximate surface area is 191 Å². The Morgan fingerprint density at radius 2 is 0.360 bits per heavy atom.